The third kappa shape index (κ3) is 4.74. The predicted molar refractivity (Wildman–Crippen MR) is 138 cm³/mol. The van der Waals surface area contributed by atoms with Crippen molar-refractivity contribution in [3.05, 3.63) is 84.2 Å². The molecule has 0 N–H and O–H groups in total. The van der Waals surface area contributed by atoms with Gasteiger partial charge in [0.25, 0.3) is 0 Å². The Labute approximate surface area is 206 Å². The number of rotatable bonds is 9. The fraction of sp³-hybridized carbons (Fsp3) is 0.310. The quantitative estimate of drug-likeness (QED) is 0.300. The molecule has 1 unspecified atom stereocenters. The number of hydrogen-bond donors (Lipinski definition) is 0. The molecule has 0 bridgehead atoms. The molecule has 0 saturated carbocycles. The molecule has 6 nitrogen and oxygen atoms in total. The topological polar surface area (TPSA) is 56.6 Å². The van der Waals surface area contributed by atoms with Gasteiger partial charge in [-0.15, -0.1) is 0 Å². The number of amides is 1. The van der Waals surface area contributed by atoms with Gasteiger partial charge in [0.1, 0.15) is 5.82 Å². The van der Waals surface area contributed by atoms with Crippen molar-refractivity contribution in [3.63, 3.8) is 0 Å². The monoisotopic (exact) mass is 469 g/mol. The molecule has 1 amide bonds. The summed E-state index contributed by atoms with van der Waals surface area (Å²) in [7, 11) is 1.65. The molecule has 1 atom stereocenters. The summed E-state index contributed by atoms with van der Waals surface area (Å²) in [5.41, 5.74) is 4.29. The van der Waals surface area contributed by atoms with Gasteiger partial charge in [0.2, 0.25) is 5.91 Å². The molecule has 4 aromatic rings. The van der Waals surface area contributed by atoms with Gasteiger partial charge in [-0.25, -0.2) is 4.98 Å². The summed E-state index contributed by atoms with van der Waals surface area (Å²) in [6.45, 7) is 4.11. The van der Waals surface area contributed by atoms with Gasteiger partial charge in [-0.3, -0.25) is 4.79 Å². The van der Waals surface area contributed by atoms with Crippen molar-refractivity contribution < 1.29 is 14.3 Å². The first kappa shape index (κ1) is 23.0. The average Bonchev–Trinajstić information content (AvgIpc) is 3.47. The number of nitrogens with zero attached hydrogens (tertiary/aromatic N) is 3. The van der Waals surface area contributed by atoms with E-state index in [1.165, 1.54) is 5.56 Å². The number of carbonyl (C=O) groups is 1. The number of anilines is 1. The van der Waals surface area contributed by atoms with E-state index in [2.05, 4.69) is 41.8 Å². The Balaban J connectivity index is 1.33. The van der Waals surface area contributed by atoms with E-state index in [1.807, 2.05) is 47.4 Å². The van der Waals surface area contributed by atoms with Crippen LogP contribution in [0.2, 0.25) is 0 Å². The highest BCUT2D eigenvalue weighted by atomic mass is 16.5. The molecule has 6 heteroatoms. The Morgan fingerprint density at radius 2 is 1.71 bits per heavy atom. The maximum absolute atomic E-state index is 13.0. The van der Waals surface area contributed by atoms with E-state index in [-0.39, 0.29) is 11.8 Å². The second-order valence-electron chi connectivity index (χ2n) is 8.89. The number of aromatic nitrogens is 2. The van der Waals surface area contributed by atoms with Crippen LogP contribution in [0.3, 0.4) is 0 Å². The fourth-order valence-corrected chi connectivity index (χ4v) is 4.83. The molecule has 2 heterocycles. The Bertz CT molecular complexity index is 1310. The van der Waals surface area contributed by atoms with E-state index < -0.39 is 0 Å². The molecule has 1 aromatic heterocycles. The van der Waals surface area contributed by atoms with Gasteiger partial charge in [0, 0.05) is 31.1 Å². The van der Waals surface area contributed by atoms with Crippen molar-refractivity contribution in [2.45, 2.75) is 38.6 Å². The number of aryl methyl sites for hydroxylation is 2. The lowest BCUT2D eigenvalue weighted by Crippen LogP contribution is -2.24. The molecule has 5 rings (SSSR count). The third-order valence-electron chi connectivity index (χ3n) is 6.68. The first-order valence-corrected chi connectivity index (χ1v) is 12.3. The Hall–Kier alpha value is -3.80. The molecule has 35 heavy (non-hydrogen) atoms. The summed E-state index contributed by atoms with van der Waals surface area (Å²) in [6.07, 6.45) is 2.27. The highest BCUT2D eigenvalue weighted by Gasteiger charge is 2.34. The summed E-state index contributed by atoms with van der Waals surface area (Å²) < 4.78 is 13.6. The zero-order valence-corrected chi connectivity index (χ0v) is 20.3. The van der Waals surface area contributed by atoms with Crippen LogP contribution in [0.25, 0.3) is 11.0 Å². The van der Waals surface area contributed by atoms with E-state index in [1.54, 1.807) is 7.11 Å². The number of benzene rings is 3. The second kappa shape index (κ2) is 10.2. The Kier molecular flexibility index (Phi) is 6.70. The second-order valence-corrected chi connectivity index (χ2v) is 8.89. The molecule has 0 spiro atoms. The molecule has 1 aliphatic rings. The SMILES string of the molecule is CCc1ccc(N2CC(c3nc4ccccc4n3CCCOc3ccccc3OC)CC2=O)cc1. The molecular weight excluding hydrogens is 438 g/mol. The smallest absolute Gasteiger partial charge is 0.227 e. The first-order valence-electron chi connectivity index (χ1n) is 12.3. The number of para-hydroxylation sites is 4. The molecule has 180 valence electrons. The molecular formula is C29H31N3O3. The van der Waals surface area contributed by atoms with Crippen LogP contribution in [0.1, 0.15) is 37.1 Å². The van der Waals surface area contributed by atoms with Gasteiger partial charge < -0.3 is 18.9 Å². The lowest BCUT2D eigenvalue weighted by atomic mass is 10.1. The minimum absolute atomic E-state index is 0.0517. The van der Waals surface area contributed by atoms with Gasteiger partial charge in [0.05, 0.1) is 24.8 Å². The van der Waals surface area contributed by atoms with E-state index >= 15 is 0 Å². The van der Waals surface area contributed by atoms with E-state index in [4.69, 9.17) is 14.5 Å². The summed E-state index contributed by atoms with van der Waals surface area (Å²) >= 11 is 0. The maximum atomic E-state index is 13.0. The molecule has 0 radical (unpaired) electrons. The number of methoxy groups -OCH3 is 1. The first-order chi connectivity index (χ1) is 17.2. The summed E-state index contributed by atoms with van der Waals surface area (Å²) in [6, 6.07) is 24.2. The average molecular weight is 470 g/mol. The Morgan fingerprint density at radius 1 is 0.971 bits per heavy atom. The van der Waals surface area contributed by atoms with Crippen molar-refractivity contribution in [1.29, 1.82) is 0 Å². The van der Waals surface area contributed by atoms with Gasteiger partial charge in [0.15, 0.2) is 11.5 Å². The number of carbonyl (C=O) groups excluding carboxylic acids is 1. The van der Waals surface area contributed by atoms with Crippen LogP contribution < -0.4 is 14.4 Å². The number of fused-ring (bicyclic) bond motifs is 1. The summed E-state index contributed by atoms with van der Waals surface area (Å²) in [5.74, 6) is 2.66. The van der Waals surface area contributed by atoms with Gasteiger partial charge in [-0.1, -0.05) is 43.3 Å². The van der Waals surface area contributed by atoms with Crippen molar-refractivity contribution in [1.82, 2.24) is 9.55 Å². The van der Waals surface area contributed by atoms with Crippen LogP contribution in [0, 0.1) is 0 Å². The van der Waals surface area contributed by atoms with Gasteiger partial charge in [-0.2, -0.15) is 0 Å². The predicted octanol–water partition coefficient (Wildman–Crippen LogP) is 5.60. The van der Waals surface area contributed by atoms with E-state index in [9.17, 15) is 4.79 Å². The zero-order chi connectivity index (χ0) is 24.2. The fourth-order valence-electron chi connectivity index (χ4n) is 4.83. The van der Waals surface area contributed by atoms with Crippen LogP contribution in [-0.2, 0) is 17.8 Å². The summed E-state index contributed by atoms with van der Waals surface area (Å²) in [5, 5.41) is 0. The van der Waals surface area contributed by atoms with Crippen molar-refractivity contribution in [2.75, 3.05) is 25.2 Å². The standard InChI is InChI=1S/C29H31N3O3/c1-3-21-13-15-23(16-14-21)32-20-22(19-28(32)33)29-30-24-9-4-5-10-25(24)31(29)17-8-18-35-27-12-7-6-11-26(27)34-2/h4-7,9-16,22H,3,8,17-20H2,1-2H3. The van der Waals surface area contributed by atoms with E-state index in [0.717, 1.165) is 53.4 Å². The van der Waals surface area contributed by atoms with Crippen molar-refractivity contribution in [2.24, 2.45) is 0 Å². The molecule has 1 saturated heterocycles. The maximum Gasteiger partial charge on any atom is 0.227 e. The minimum atomic E-state index is 0.0517. The van der Waals surface area contributed by atoms with Crippen LogP contribution in [-0.4, -0.2) is 35.7 Å². The van der Waals surface area contributed by atoms with Crippen LogP contribution in [0.15, 0.2) is 72.8 Å². The Morgan fingerprint density at radius 3 is 2.49 bits per heavy atom. The van der Waals surface area contributed by atoms with Crippen LogP contribution in [0.4, 0.5) is 5.69 Å². The lowest BCUT2D eigenvalue weighted by molar-refractivity contribution is -0.117. The number of ether oxygens (including phenoxy) is 2. The number of imidazole rings is 1. The largest absolute Gasteiger partial charge is 0.493 e. The highest BCUT2D eigenvalue weighted by molar-refractivity contribution is 5.96. The highest BCUT2D eigenvalue weighted by Crippen LogP contribution is 2.33. The third-order valence-corrected chi connectivity index (χ3v) is 6.68. The number of hydrogen-bond acceptors (Lipinski definition) is 4. The zero-order valence-electron chi connectivity index (χ0n) is 20.3. The summed E-state index contributed by atoms with van der Waals surface area (Å²) in [4.78, 5) is 19.8. The van der Waals surface area contributed by atoms with Crippen molar-refractivity contribution in [3.8, 4) is 11.5 Å². The van der Waals surface area contributed by atoms with Crippen LogP contribution in [0.5, 0.6) is 11.5 Å². The van der Waals surface area contributed by atoms with Crippen LogP contribution >= 0.6 is 0 Å². The molecule has 1 fully saturated rings. The molecule has 1 aliphatic heterocycles. The molecule has 0 aliphatic carbocycles. The van der Waals surface area contributed by atoms with Crippen molar-refractivity contribution >= 4 is 22.6 Å². The molecule has 3 aromatic carbocycles. The van der Waals surface area contributed by atoms with E-state index in [0.29, 0.717) is 19.6 Å². The van der Waals surface area contributed by atoms with Gasteiger partial charge in [-0.05, 0) is 54.8 Å². The minimum Gasteiger partial charge on any atom is -0.493 e. The lowest BCUT2D eigenvalue weighted by Gasteiger charge is -2.18. The van der Waals surface area contributed by atoms with Gasteiger partial charge >= 0.3 is 0 Å². The normalized spacial score (nSPS) is 15.7.